The van der Waals surface area contributed by atoms with E-state index in [1.165, 1.54) is 33.1 Å². The molecule has 0 aliphatic heterocycles. The van der Waals surface area contributed by atoms with Crippen LogP contribution in [0.25, 0.3) is 0 Å². The Labute approximate surface area is 147 Å². The zero-order valence-corrected chi connectivity index (χ0v) is 15.8. The van der Waals surface area contributed by atoms with Gasteiger partial charge in [-0.3, -0.25) is 9.59 Å². The van der Waals surface area contributed by atoms with E-state index in [1.54, 1.807) is 13.8 Å². The van der Waals surface area contributed by atoms with Gasteiger partial charge in [-0.15, -0.1) is 0 Å². The van der Waals surface area contributed by atoms with Crippen molar-refractivity contribution in [3.63, 3.8) is 0 Å². The molecule has 0 aliphatic carbocycles. The SMILES string of the molecule is COc1c(C)cc(S(=O)(=O)N(CCNC(C)=O)C(C)C(=O)O)cc1C. The van der Waals surface area contributed by atoms with Crippen LogP contribution in [-0.4, -0.2) is 55.9 Å². The molecule has 1 rings (SSSR count). The fraction of sp³-hybridized carbons (Fsp3) is 0.500. The Morgan fingerprint density at radius 1 is 1.28 bits per heavy atom. The fourth-order valence-electron chi connectivity index (χ4n) is 2.50. The number of methoxy groups -OCH3 is 1. The van der Waals surface area contributed by atoms with Crippen LogP contribution in [0.15, 0.2) is 17.0 Å². The van der Waals surface area contributed by atoms with E-state index >= 15 is 0 Å². The second-order valence-electron chi connectivity index (χ2n) is 5.70. The molecule has 1 atom stereocenters. The molecule has 1 amide bonds. The van der Waals surface area contributed by atoms with Crippen molar-refractivity contribution in [1.82, 2.24) is 9.62 Å². The maximum Gasteiger partial charge on any atom is 0.321 e. The highest BCUT2D eigenvalue weighted by atomic mass is 32.2. The van der Waals surface area contributed by atoms with Crippen LogP contribution in [0.4, 0.5) is 0 Å². The molecule has 0 heterocycles. The second-order valence-corrected chi connectivity index (χ2v) is 7.59. The smallest absolute Gasteiger partial charge is 0.321 e. The number of aryl methyl sites for hydroxylation is 2. The summed E-state index contributed by atoms with van der Waals surface area (Å²) in [6.45, 7) is 5.88. The lowest BCUT2D eigenvalue weighted by Gasteiger charge is -2.26. The van der Waals surface area contributed by atoms with Crippen LogP contribution in [0.3, 0.4) is 0 Å². The molecular formula is C16H24N2O6S. The number of carboxylic acid groups (broad SMARTS) is 1. The molecule has 25 heavy (non-hydrogen) atoms. The van der Waals surface area contributed by atoms with Crippen molar-refractivity contribution in [2.75, 3.05) is 20.2 Å². The highest BCUT2D eigenvalue weighted by molar-refractivity contribution is 7.89. The Kier molecular flexibility index (Phi) is 6.95. The lowest BCUT2D eigenvalue weighted by molar-refractivity contribution is -0.140. The highest BCUT2D eigenvalue weighted by Crippen LogP contribution is 2.28. The van der Waals surface area contributed by atoms with E-state index in [9.17, 15) is 23.1 Å². The summed E-state index contributed by atoms with van der Waals surface area (Å²) >= 11 is 0. The topological polar surface area (TPSA) is 113 Å². The van der Waals surface area contributed by atoms with Crippen molar-refractivity contribution >= 4 is 21.9 Å². The van der Waals surface area contributed by atoms with Crippen molar-refractivity contribution in [1.29, 1.82) is 0 Å². The molecule has 9 heteroatoms. The van der Waals surface area contributed by atoms with Gasteiger partial charge in [0, 0.05) is 20.0 Å². The van der Waals surface area contributed by atoms with Crippen molar-refractivity contribution in [3.8, 4) is 5.75 Å². The van der Waals surface area contributed by atoms with Gasteiger partial charge in [-0.25, -0.2) is 8.42 Å². The molecule has 1 unspecified atom stereocenters. The number of benzene rings is 1. The number of aliphatic carboxylic acids is 1. The van der Waals surface area contributed by atoms with Crippen LogP contribution >= 0.6 is 0 Å². The van der Waals surface area contributed by atoms with E-state index in [1.807, 2.05) is 0 Å². The van der Waals surface area contributed by atoms with Crippen LogP contribution in [0.2, 0.25) is 0 Å². The van der Waals surface area contributed by atoms with Gasteiger partial charge in [-0.1, -0.05) is 0 Å². The quantitative estimate of drug-likeness (QED) is 0.701. The predicted molar refractivity (Wildman–Crippen MR) is 92.1 cm³/mol. The first-order valence-electron chi connectivity index (χ1n) is 7.66. The van der Waals surface area contributed by atoms with Crippen LogP contribution in [0.1, 0.15) is 25.0 Å². The Morgan fingerprint density at radius 2 is 1.80 bits per heavy atom. The van der Waals surface area contributed by atoms with Gasteiger partial charge >= 0.3 is 5.97 Å². The van der Waals surface area contributed by atoms with E-state index in [0.29, 0.717) is 16.9 Å². The zero-order valence-electron chi connectivity index (χ0n) is 15.0. The molecule has 0 saturated carbocycles. The average Bonchev–Trinajstić information content (AvgIpc) is 2.50. The number of hydrogen-bond acceptors (Lipinski definition) is 5. The van der Waals surface area contributed by atoms with Crippen molar-refractivity contribution in [2.45, 2.75) is 38.6 Å². The summed E-state index contributed by atoms with van der Waals surface area (Å²) in [4.78, 5) is 22.3. The lowest BCUT2D eigenvalue weighted by Crippen LogP contribution is -2.46. The summed E-state index contributed by atoms with van der Waals surface area (Å²) in [6.07, 6.45) is 0. The van der Waals surface area contributed by atoms with Gasteiger partial charge < -0.3 is 15.2 Å². The number of carboxylic acids is 1. The number of sulfonamides is 1. The number of nitrogens with zero attached hydrogens (tertiary/aromatic N) is 1. The monoisotopic (exact) mass is 372 g/mol. The molecule has 0 radical (unpaired) electrons. The first-order valence-corrected chi connectivity index (χ1v) is 9.10. The zero-order chi connectivity index (χ0) is 19.4. The maximum absolute atomic E-state index is 13.0. The molecule has 0 aliphatic rings. The molecule has 0 fully saturated rings. The third-order valence-corrected chi connectivity index (χ3v) is 5.69. The summed E-state index contributed by atoms with van der Waals surface area (Å²) in [7, 11) is -2.57. The van der Waals surface area contributed by atoms with E-state index in [-0.39, 0.29) is 23.9 Å². The molecule has 1 aromatic rings. The molecule has 2 N–H and O–H groups in total. The van der Waals surface area contributed by atoms with Crippen LogP contribution in [0, 0.1) is 13.8 Å². The number of carbonyl (C=O) groups is 2. The van der Waals surface area contributed by atoms with E-state index in [0.717, 1.165) is 4.31 Å². The molecule has 0 spiro atoms. The first-order chi connectivity index (χ1) is 11.5. The summed E-state index contributed by atoms with van der Waals surface area (Å²) in [6, 6.07) is 1.61. The number of rotatable bonds is 8. The third-order valence-electron chi connectivity index (χ3n) is 3.74. The summed E-state index contributed by atoms with van der Waals surface area (Å²) in [5.41, 5.74) is 1.26. The van der Waals surface area contributed by atoms with Gasteiger partial charge in [-0.05, 0) is 44.0 Å². The highest BCUT2D eigenvalue weighted by Gasteiger charge is 2.33. The van der Waals surface area contributed by atoms with Crippen molar-refractivity contribution < 1.29 is 27.9 Å². The van der Waals surface area contributed by atoms with Gasteiger partial charge in [-0.2, -0.15) is 4.31 Å². The molecule has 0 saturated heterocycles. The number of ether oxygens (including phenoxy) is 1. The molecule has 8 nitrogen and oxygen atoms in total. The Hall–Kier alpha value is -2.13. The molecule has 1 aromatic carbocycles. The Morgan fingerprint density at radius 3 is 2.20 bits per heavy atom. The minimum absolute atomic E-state index is 0.0142. The van der Waals surface area contributed by atoms with E-state index in [4.69, 9.17) is 4.74 Å². The minimum Gasteiger partial charge on any atom is -0.496 e. The van der Waals surface area contributed by atoms with Crippen molar-refractivity contribution in [2.24, 2.45) is 0 Å². The van der Waals surface area contributed by atoms with Gasteiger partial charge in [0.15, 0.2) is 0 Å². The number of amides is 1. The minimum atomic E-state index is -4.07. The van der Waals surface area contributed by atoms with E-state index < -0.39 is 22.0 Å². The molecular weight excluding hydrogens is 348 g/mol. The number of carbonyl (C=O) groups excluding carboxylic acids is 1. The average molecular weight is 372 g/mol. The van der Waals surface area contributed by atoms with Crippen LogP contribution in [-0.2, 0) is 19.6 Å². The number of hydrogen-bond donors (Lipinski definition) is 2. The first kappa shape index (κ1) is 20.9. The molecule has 0 bridgehead atoms. The number of nitrogens with one attached hydrogen (secondary N) is 1. The summed E-state index contributed by atoms with van der Waals surface area (Å²) < 4.78 is 32.0. The van der Waals surface area contributed by atoms with Crippen molar-refractivity contribution in [3.05, 3.63) is 23.3 Å². The predicted octanol–water partition coefficient (Wildman–Crippen LogP) is 0.912. The third kappa shape index (κ3) is 4.93. The Balaban J connectivity index is 3.31. The fourth-order valence-corrected chi connectivity index (χ4v) is 4.26. The van der Waals surface area contributed by atoms with E-state index in [2.05, 4.69) is 5.32 Å². The maximum atomic E-state index is 13.0. The summed E-state index contributed by atoms with van der Waals surface area (Å²) in [5.74, 6) is -1.01. The van der Waals surface area contributed by atoms with Gasteiger partial charge in [0.2, 0.25) is 15.9 Å². The standard InChI is InChI=1S/C16H24N2O6S/c1-10-8-14(9-11(2)15(10)24-5)25(22,23)18(12(3)16(20)21)7-6-17-13(4)19/h8-9,12H,6-7H2,1-5H3,(H,17,19)(H,20,21). The van der Waals surface area contributed by atoms with Crippen LogP contribution < -0.4 is 10.1 Å². The van der Waals surface area contributed by atoms with Crippen LogP contribution in [0.5, 0.6) is 5.75 Å². The Bertz CT molecular complexity index is 737. The van der Waals surface area contributed by atoms with Gasteiger partial charge in [0.25, 0.3) is 0 Å². The van der Waals surface area contributed by atoms with Gasteiger partial charge in [0.05, 0.1) is 12.0 Å². The van der Waals surface area contributed by atoms with Gasteiger partial charge in [0.1, 0.15) is 11.8 Å². The lowest BCUT2D eigenvalue weighted by atomic mass is 10.1. The largest absolute Gasteiger partial charge is 0.496 e. The normalized spacial score (nSPS) is 12.7. The molecule has 140 valence electrons. The molecule has 0 aromatic heterocycles. The second kappa shape index (κ2) is 8.30. The summed E-state index contributed by atoms with van der Waals surface area (Å²) in [5, 5.41) is 11.7.